The molecule has 0 unspecified atom stereocenters. The molecule has 0 spiro atoms. The van der Waals surface area contributed by atoms with Crippen LogP contribution >= 0.6 is 0 Å². The summed E-state index contributed by atoms with van der Waals surface area (Å²) in [6.07, 6.45) is 1.57. The fourth-order valence-electron chi connectivity index (χ4n) is 2.71. The molecule has 5 nitrogen and oxygen atoms in total. The van der Waals surface area contributed by atoms with Crippen molar-refractivity contribution in [3.63, 3.8) is 0 Å². The molecule has 1 amide bonds. The zero-order chi connectivity index (χ0) is 18.7. The van der Waals surface area contributed by atoms with Crippen molar-refractivity contribution in [3.05, 3.63) is 71.0 Å². The Kier molecular flexibility index (Phi) is 4.98. The summed E-state index contributed by atoms with van der Waals surface area (Å²) in [4.78, 5) is 21.4. The summed E-state index contributed by atoms with van der Waals surface area (Å²) in [7, 11) is 1.62. The van der Waals surface area contributed by atoms with Crippen molar-refractivity contribution in [3.8, 4) is 17.1 Å². The summed E-state index contributed by atoms with van der Waals surface area (Å²) in [6.45, 7) is 5.80. The lowest BCUT2D eigenvalue weighted by Crippen LogP contribution is -2.15. The molecular weight excluding hydrogens is 326 g/mol. The third kappa shape index (κ3) is 3.72. The normalized spacial score (nSPS) is 10.5. The van der Waals surface area contributed by atoms with E-state index >= 15 is 0 Å². The molecule has 3 rings (SSSR count). The van der Waals surface area contributed by atoms with Crippen LogP contribution in [0.25, 0.3) is 11.4 Å². The molecule has 0 bridgehead atoms. The van der Waals surface area contributed by atoms with Gasteiger partial charge >= 0.3 is 0 Å². The number of benzene rings is 2. The van der Waals surface area contributed by atoms with Crippen LogP contribution < -0.4 is 10.1 Å². The second kappa shape index (κ2) is 7.35. The maximum atomic E-state index is 12.6. The lowest BCUT2D eigenvalue weighted by molar-refractivity contribution is 0.102. The van der Waals surface area contributed by atoms with Crippen LogP contribution in [0.15, 0.2) is 48.7 Å². The van der Waals surface area contributed by atoms with Crippen molar-refractivity contribution in [2.75, 3.05) is 12.4 Å². The Morgan fingerprint density at radius 2 is 1.77 bits per heavy atom. The van der Waals surface area contributed by atoms with Crippen LogP contribution in [0.2, 0.25) is 0 Å². The predicted molar refractivity (Wildman–Crippen MR) is 103 cm³/mol. The molecule has 3 aromatic rings. The van der Waals surface area contributed by atoms with Crippen molar-refractivity contribution in [2.45, 2.75) is 20.8 Å². The molecule has 0 radical (unpaired) electrons. The van der Waals surface area contributed by atoms with Crippen LogP contribution in [0, 0.1) is 20.8 Å². The molecule has 0 aliphatic carbocycles. The van der Waals surface area contributed by atoms with Crippen molar-refractivity contribution in [1.29, 1.82) is 0 Å². The summed E-state index contributed by atoms with van der Waals surface area (Å²) in [6, 6.07) is 13.4. The number of carbonyl (C=O) groups is 1. The third-order valence-corrected chi connectivity index (χ3v) is 4.20. The topological polar surface area (TPSA) is 64.1 Å². The lowest BCUT2D eigenvalue weighted by Gasteiger charge is -2.11. The summed E-state index contributed by atoms with van der Waals surface area (Å²) < 4.78 is 5.16. The van der Waals surface area contributed by atoms with Gasteiger partial charge in [0.2, 0.25) is 0 Å². The van der Waals surface area contributed by atoms with Crippen LogP contribution in [-0.4, -0.2) is 23.0 Å². The summed E-state index contributed by atoms with van der Waals surface area (Å²) in [5, 5.41) is 2.93. The number of hydrogen-bond acceptors (Lipinski definition) is 4. The average molecular weight is 347 g/mol. The molecular formula is C21H21N3O2. The quantitative estimate of drug-likeness (QED) is 0.763. The first kappa shape index (κ1) is 17.6. The van der Waals surface area contributed by atoms with Gasteiger partial charge in [0.25, 0.3) is 5.91 Å². The highest BCUT2D eigenvalue weighted by Crippen LogP contribution is 2.21. The number of amides is 1. The van der Waals surface area contributed by atoms with E-state index in [-0.39, 0.29) is 5.91 Å². The highest BCUT2D eigenvalue weighted by atomic mass is 16.5. The van der Waals surface area contributed by atoms with E-state index in [0.717, 1.165) is 28.1 Å². The molecule has 5 heteroatoms. The summed E-state index contributed by atoms with van der Waals surface area (Å²) >= 11 is 0. The first-order valence-electron chi connectivity index (χ1n) is 8.34. The standard InChI is InChI=1S/C21H21N3O2/c1-13-5-10-19(14(2)11-13)24-21(25)18-12-22-20(23-15(18)3)16-6-8-17(26-4)9-7-16/h5-12H,1-4H3,(H,24,25). The second-order valence-electron chi connectivity index (χ2n) is 6.19. The van der Waals surface area contributed by atoms with Gasteiger partial charge in [0.1, 0.15) is 5.75 Å². The Morgan fingerprint density at radius 3 is 2.38 bits per heavy atom. The Hall–Kier alpha value is -3.21. The maximum absolute atomic E-state index is 12.6. The number of anilines is 1. The van der Waals surface area contributed by atoms with E-state index in [1.54, 1.807) is 13.3 Å². The Bertz CT molecular complexity index is 950. The zero-order valence-electron chi connectivity index (χ0n) is 15.3. The molecule has 0 atom stereocenters. The Labute approximate surface area is 153 Å². The molecule has 0 aliphatic heterocycles. The first-order valence-corrected chi connectivity index (χ1v) is 8.34. The van der Waals surface area contributed by atoms with E-state index in [0.29, 0.717) is 17.1 Å². The number of carbonyl (C=O) groups excluding carboxylic acids is 1. The smallest absolute Gasteiger partial charge is 0.259 e. The van der Waals surface area contributed by atoms with E-state index in [1.165, 1.54) is 0 Å². The van der Waals surface area contributed by atoms with E-state index < -0.39 is 0 Å². The highest BCUT2D eigenvalue weighted by Gasteiger charge is 2.14. The molecule has 0 saturated carbocycles. The van der Waals surface area contributed by atoms with Crippen LogP contribution in [0.4, 0.5) is 5.69 Å². The van der Waals surface area contributed by atoms with Gasteiger partial charge in [0.05, 0.1) is 18.4 Å². The molecule has 1 N–H and O–H groups in total. The van der Waals surface area contributed by atoms with Gasteiger partial charge in [-0.05, 0) is 56.7 Å². The van der Waals surface area contributed by atoms with Crippen LogP contribution in [0.5, 0.6) is 5.75 Å². The number of nitrogens with one attached hydrogen (secondary N) is 1. The molecule has 2 aromatic carbocycles. The van der Waals surface area contributed by atoms with Crippen LogP contribution in [0.3, 0.4) is 0 Å². The van der Waals surface area contributed by atoms with Gasteiger partial charge in [0, 0.05) is 17.4 Å². The van der Waals surface area contributed by atoms with Gasteiger partial charge in [-0.25, -0.2) is 9.97 Å². The molecule has 1 heterocycles. The Morgan fingerprint density at radius 1 is 1.04 bits per heavy atom. The van der Waals surface area contributed by atoms with E-state index in [2.05, 4.69) is 15.3 Å². The number of rotatable bonds is 4. The summed E-state index contributed by atoms with van der Waals surface area (Å²) in [5.74, 6) is 1.14. The summed E-state index contributed by atoms with van der Waals surface area (Å²) in [5.41, 5.74) is 4.93. The van der Waals surface area contributed by atoms with E-state index in [4.69, 9.17) is 4.74 Å². The molecule has 1 aromatic heterocycles. The number of aromatic nitrogens is 2. The molecule has 26 heavy (non-hydrogen) atoms. The minimum atomic E-state index is -0.212. The molecule has 0 fully saturated rings. The predicted octanol–water partition coefficient (Wildman–Crippen LogP) is 4.33. The SMILES string of the molecule is COc1ccc(-c2ncc(C(=O)Nc3ccc(C)cc3C)c(C)n2)cc1. The monoisotopic (exact) mass is 347 g/mol. The van der Waals surface area contributed by atoms with Gasteiger partial charge < -0.3 is 10.1 Å². The number of hydrogen-bond donors (Lipinski definition) is 1. The average Bonchev–Trinajstić information content (AvgIpc) is 2.64. The largest absolute Gasteiger partial charge is 0.497 e. The highest BCUT2D eigenvalue weighted by molar-refractivity contribution is 6.05. The minimum absolute atomic E-state index is 0.212. The fraction of sp³-hybridized carbons (Fsp3) is 0.190. The number of methoxy groups -OCH3 is 1. The van der Waals surface area contributed by atoms with Gasteiger partial charge in [-0.1, -0.05) is 17.7 Å². The zero-order valence-corrected chi connectivity index (χ0v) is 15.3. The van der Waals surface area contributed by atoms with Gasteiger partial charge in [-0.15, -0.1) is 0 Å². The van der Waals surface area contributed by atoms with E-state index in [1.807, 2.05) is 63.2 Å². The van der Waals surface area contributed by atoms with Crippen LogP contribution in [-0.2, 0) is 0 Å². The second-order valence-corrected chi connectivity index (χ2v) is 6.19. The molecule has 132 valence electrons. The van der Waals surface area contributed by atoms with Gasteiger partial charge in [-0.2, -0.15) is 0 Å². The number of nitrogens with zero attached hydrogens (tertiary/aromatic N) is 2. The lowest BCUT2D eigenvalue weighted by atomic mass is 10.1. The van der Waals surface area contributed by atoms with Crippen molar-refractivity contribution in [1.82, 2.24) is 9.97 Å². The van der Waals surface area contributed by atoms with Crippen LogP contribution in [0.1, 0.15) is 27.2 Å². The van der Waals surface area contributed by atoms with Gasteiger partial charge in [0.15, 0.2) is 5.82 Å². The van der Waals surface area contributed by atoms with Crippen molar-refractivity contribution < 1.29 is 9.53 Å². The van der Waals surface area contributed by atoms with Crippen molar-refractivity contribution in [2.24, 2.45) is 0 Å². The van der Waals surface area contributed by atoms with E-state index in [9.17, 15) is 4.79 Å². The minimum Gasteiger partial charge on any atom is -0.497 e. The third-order valence-electron chi connectivity index (χ3n) is 4.20. The van der Waals surface area contributed by atoms with Gasteiger partial charge in [-0.3, -0.25) is 4.79 Å². The first-order chi connectivity index (χ1) is 12.5. The number of aryl methyl sites for hydroxylation is 3. The molecule has 0 saturated heterocycles. The number of ether oxygens (including phenoxy) is 1. The van der Waals surface area contributed by atoms with Crippen molar-refractivity contribution >= 4 is 11.6 Å². The molecule has 0 aliphatic rings. The Balaban J connectivity index is 1.83. The fourth-order valence-corrected chi connectivity index (χ4v) is 2.71. The maximum Gasteiger partial charge on any atom is 0.259 e.